The van der Waals surface area contributed by atoms with E-state index >= 15 is 0 Å². The first kappa shape index (κ1) is 12.3. The van der Waals surface area contributed by atoms with E-state index in [1.807, 2.05) is 42.5 Å². The zero-order valence-corrected chi connectivity index (χ0v) is 10.9. The molecular weight excluding hydrogens is 252 g/mol. The lowest BCUT2D eigenvalue weighted by Gasteiger charge is -2.01. The highest BCUT2D eigenvalue weighted by molar-refractivity contribution is 5.42. The number of hydrogen-bond acceptors (Lipinski definition) is 5. The van der Waals surface area contributed by atoms with Gasteiger partial charge in [-0.2, -0.15) is 4.98 Å². The molecule has 5 heteroatoms. The van der Waals surface area contributed by atoms with Crippen LogP contribution < -0.4 is 5.32 Å². The molecule has 1 N–H and O–H groups in total. The van der Waals surface area contributed by atoms with Crippen molar-refractivity contribution in [2.45, 2.75) is 13.0 Å². The van der Waals surface area contributed by atoms with Gasteiger partial charge in [-0.25, -0.2) is 0 Å². The molecule has 5 nitrogen and oxygen atoms in total. The molecule has 1 aromatic carbocycles. The number of rotatable bonds is 5. The van der Waals surface area contributed by atoms with Crippen molar-refractivity contribution < 1.29 is 4.52 Å². The Balaban J connectivity index is 1.60. The van der Waals surface area contributed by atoms with Gasteiger partial charge in [0.2, 0.25) is 5.89 Å². The van der Waals surface area contributed by atoms with E-state index in [-0.39, 0.29) is 0 Å². The van der Waals surface area contributed by atoms with Crippen molar-refractivity contribution in [3.8, 4) is 0 Å². The van der Waals surface area contributed by atoms with Crippen molar-refractivity contribution in [1.82, 2.24) is 15.1 Å². The van der Waals surface area contributed by atoms with E-state index in [0.29, 0.717) is 24.7 Å². The average Bonchev–Trinajstić information content (AvgIpc) is 2.95. The first-order valence-corrected chi connectivity index (χ1v) is 6.39. The Hall–Kier alpha value is -2.69. The van der Waals surface area contributed by atoms with Crippen molar-refractivity contribution in [1.29, 1.82) is 0 Å². The fourth-order valence-electron chi connectivity index (χ4n) is 1.85. The van der Waals surface area contributed by atoms with Crippen molar-refractivity contribution in [2.24, 2.45) is 0 Å². The SMILES string of the molecule is c1ccc(NCc2nc(Cc3cccnc3)no2)cc1. The summed E-state index contributed by atoms with van der Waals surface area (Å²) in [4.78, 5) is 8.42. The van der Waals surface area contributed by atoms with Gasteiger partial charge in [-0.15, -0.1) is 0 Å². The third kappa shape index (κ3) is 3.20. The van der Waals surface area contributed by atoms with Crippen molar-refractivity contribution >= 4 is 5.69 Å². The number of benzene rings is 1. The molecule has 0 spiro atoms. The maximum Gasteiger partial charge on any atom is 0.245 e. The molecule has 2 heterocycles. The van der Waals surface area contributed by atoms with Crippen molar-refractivity contribution in [3.63, 3.8) is 0 Å². The highest BCUT2D eigenvalue weighted by Crippen LogP contribution is 2.09. The van der Waals surface area contributed by atoms with Crippen LogP contribution in [0.15, 0.2) is 59.4 Å². The fraction of sp³-hybridized carbons (Fsp3) is 0.133. The Bertz CT molecular complexity index is 652. The molecule has 0 aliphatic carbocycles. The minimum Gasteiger partial charge on any atom is -0.376 e. The second kappa shape index (κ2) is 5.97. The Labute approximate surface area is 116 Å². The molecule has 2 aromatic heterocycles. The summed E-state index contributed by atoms with van der Waals surface area (Å²) in [5, 5.41) is 7.20. The van der Waals surface area contributed by atoms with Crippen LogP contribution in [0, 0.1) is 0 Å². The molecule has 0 saturated carbocycles. The predicted octanol–water partition coefficient (Wildman–Crippen LogP) is 2.67. The molecule has 0 aliphatic heterocycles. The number of nitrogens with zero attached hydrogens (tertiary/aromatic N) is 3. The smallest absolute Gasteiger partial charge is 0.245 e. The lowest BCUT2D eigenvalue weighted by Crippen LogP contribution is -1.99. The van der Waals surface area contributed by atoms with Gasteiger partial charge in [0, 0.05) is 24.5 Å². The maximum atomic E-state index is 5.21. The van der Waals surface area contributed by atoms with Gasteiger partial charge in [-0.3, -0.25) is 4.98 Å². The summed E-state index contributed by atoms with van der Waals surface area (Å²) >= 11 is 0. The van der Waals surface area contributed by atoms with Crippen LogP contribution in [0.3, 0.4) is 0 Å². The summed E-state index contributed by atoms with van der Waals surface area (Å²) in [5.74, 6) is 1.25. The quantitative estimate of drug-likeness (QED) is 0.769. The van der Waals surface area contributed by atoms with Gasteiger partial charge in [0.1, 0.15) is 0 Å². The Kier molecular flexibility index (Phi) is 3.68. The average molecular weight is 266 g/mol. The largest absolute Gasteiger partial charge is 0.376 e. The van der Waals surface area contributed by atoms with E-state index in [1.165, 1.54) is 0 Å². The molecule has 0 amide bonds. The molecular formula is C15H14N4O. The number of aromatic nitrogens is 3. The monoisotopic (exact) mass is 266 g/mol. The second-order valence-electron chi connectivity index (χ2n) is 4.36. The molecule has 0 fully saturated rings. The van der Waals surface area contributed by atoms with Crippen LogP contribution in [0.1, 0.15) is 17.3 Å². The number of pyridine rings is 1. The molecule has 0 bridgehead atoms. The van der Waals surface area contributed by atoms with Gasteiger partial charge in [0.25, 0.3) is 0 Å². The first-order chi connectivity index (χ1) is 9.90. The molecule has 0 radical (unpaired) electrons. The molecule has 0 atom stereocenters. The minimum atomic E-state index is 0.518. The summed E-state index contributed by atoms with van der Waals surface area (Å²) in [6.45, 7) is 0.518. The van der Waals surface area contributed by atoms with Gasteiger partial charge in [0.15, 0.2) is 5.82 Å². The molecule has 0 aliphatic rings. The van der Waals surface area contributed by atoms with Gasteiger partial charge in [-0.05, 0) is 23.8 Å². The summed E-state index contributed by atoms with van der Waals surface area (Å²) in [6.07, 6.45) is 4.18. The molecule has 100 valence electrons. The topological polar surface area (TPSA) is 63.8 Å². The van der Waals surface area contributed by atoms with Crippen LogP contribution in [-0.4, -0.2) is 15.1 Å². The lowest BCUT2D eigenvalue weighted by molar-refractivity contribution is 0.378. The number of nitrogens with one attached hydrogen (secondary N) is 1. The summed E-state index contributed by atoms with van der Waals surface area (Å²) in [7, 11) is 0. The van der Waals surface area contributed by atoms with Crippen LogP contribution >= 0.6 is 0 Å². The standard InChI is InChI=1S/C15H14N4O/c1-2-6-13(7-3-1)17-11-15-18-14(19-20-15)9-12-5-4-8-16-10-12/h1-8,10,17H,9,11H2. The third-order valence-corrected chi connectivity index (χ3v) is 2.81. The molecule has 20 heavy (non-hydrogen) atoms. The van der Waals surface area contributed by atoms with E-state index in [4.69, 9.17) is 4.52 Å². The third-order valence-electron chi connectivity index (χ3n) is 2.81. The predicted molar refractivity (Wildman–Crippen MR) is 75.1 cm³/mol. The Morgan fingerprint density at radius 2 is 1.95 bits per heavy atom. The van der Waals surface area contributed by atoms with E-state index in [0.717, 1.165) is 11.3 Å². The zero-order valence-electron chi connectivity index (χ0n) is 10.9. The number of hydrogen-bond donors (Lipinski definition) is 1. The van der Waals surface area contributed by atoms with Gasteiger partial charge in [0.05, 0.1) is 6.54 Å². The highest BCUT2D eigenvalue weighted by Gasteiger charge is 2.06. The lowest BCUT2D eigenvalue weighted by atomic mass is 10.2. The van der Waals surface area contributed by atoms with Crippen LogP contribution in [0.25, 0.3) is 0 Å². The van der Waals surface area contributed by atoms with Crippen molar-refractivity contribution in [3.05, 3.63) is 72.1 Å². The van der Waals surface area contributed by atoms with E-state index in [9.17, 15) is 0 Å². The fourth-order valence-corrected chi connectivity index (χ4v) is 1.85. The highest BCUT2D eigenvalue weighted by atomic mass is 16.5. The summed E-state index contributed by atoms with van der Waals surface area (Å²) < 4.78 is 5.21. The Morgan fingerprint density at radius 3 is 2.75 bits per heavy atom. The Morgan fingerprint density at radius 1 is 1.05 bits per heavy atom. The molecule has 0 unspecified atom stereocenters. The number of para-hydroxylation sites is 1. The van der Waals surface area contributed by atoms with Crippen LogP contribution in [-0.2, 0) is 13.0 Å². The molecule has 3 rings (SSSR count). The second-order valence-corrected chi connectivity index (χ2v) is 4.36. The van der Waals surface area contributed by atoms with Crippen LogP contribution in [0.2, 0.25) is 0 Å². The first-order valence-electron chi connectivity index (χ1n) is 6.39. The van der Waals surface area contributed by atoms with Gasteiger partial charge < -0.3 is 9.84 Å². The van der Waals surface area contributed by atoms with Crippen molar-refractivity contribution in [2.75, 3.05) is 5.32 Å². The summed E-state index contributed by atoms with van der Waals surface area (Å²) in [5.41, 5.74) is 2.09. The van der Waals surface area contributed by atoms with E-state index in [2.05, 4.69) is 20.4 Å². The molecule has 0 saturated heterocycles. The van der Waals surface area contributed by atoms with E-state index in [1.54, 1.807) is 12.4 Å². The minimum absolute atomic E-state index is 0.518. The normalized spacial score (nSPS) is 10.4. The van der Waals surface area contributed by atoms with Crippen LogP contribution in [0.4, 0.5) is 5.69 Å². The zero-order chi connectivity index (χ0) is 13.6. The van der Waals surface area contributed by atoms with Crippen LogP contribution in [0.5, 0.6) is 0 Å². The summed E-state index contributed by atoms with van der Waals surface area (Å²) in [6, 6.07) is 13.8. The van der Waals surface area contributed by atoms with Gasteiger partial charge in [-0.1, -0.05) is 29.4 Å². The van der Waals surface area contributed by atoms with Gasteiger partial charge >= 0.3 is 0 Å². The molecule has 3 aromatic rings. The van der Waals surface area contributed by atoms with E-state index < -0.39 is 0 Å². The number of anilines is 1. The maximum absolute atomic E-state index is 5.21.